The van der Waals surface area contributed by atoms with Crippen LogP contribution in [0.3, 0.4) is 0 Å². The van der Waals surface area contributed by atoms with E-state index < -0.39 is 11.7 Å². The van der Waals surface area contributed by atoms with Gasteiger partial charge in [0.1, 0.15) is 23.9 Å². The predicted molar refractivity (Wildman–Crippen MR) is 161 cm³/mol. The number of likely N-dealkylation sites (N-methyl/N-ethyl adjacent to an activating group) is 1. The van der Waals surface area contributed by atoms with Gasteiger partial charge in [0.05, 0.1) is 35.1 Å². The molecular formula is C31H32FN7O3. The first-order valence-electron chi connectivity index (χ1n) is 13.6. The predicted octanol–water partition coefficient (Wildman–Crippen LogP) is 4.38. The van der Waals surface area contributed by atoms with Crippen molar-refractivity contribution in [3.8, 4) is 28.5 Å². The van der Waals surface area contributed by atoms with Crippen molar-refractivity contribution in [1.29, 1.82) is 0 Å². The van der Waals surface area contributed by atoms with Crippen LogP contribution in [0.15, 0.2) is 72.9 Å². The average Bonchev–Trinajstić information content (AvgIpc) is 3.44. The monoisotopic (exact) mass is 569 g/mol. The third-order valence-electron chi connectivity index (χ3n) is 6.96. The highest BCUT2D eigenvalue weighted by molar-refractivity contribution is 6.06. The third-order valence-corrected chi connectivity index (χ3v) is 6.96. The van der Waals surface area contributed by atoms with Crippen LogP contribution in [-0.2, 0) is 0 Å². The Labute approximate surface area is 242 Å². The Bertz CT molecular complexity index is 1710. The maximum absolute atomic E-state index is 14.2. The molecule has 10 nitrogen and oxygen atoms in total. The molecule has 0 saturated carbocycles. The van der Waals surface area contributed by atoms with E-state index in [2.05, 4.69) is 19.9 Å². The van der Waals surface area contributed by atoms with Gasteiger partial charge in [0.2, 0.25) is 0 Å². The Kier molecular flexibility index (Phi) is 8.70. The van der Waals surface area contributed by atoms with E-state index in [-0.39, 0.29) is 18.0 Å². The molecule has 5 aromatic rings. The summed E-state index contributed by atoms with van der Waals surface area (Å²) in [4.78, 5) is 33.4. The number of rotatable bonds is 11. The number of imidazole rings is 1. The van der Waals surface area contributed by atoms with Crippen LogP contribution in [0.2, 0.25) is 0 Å². The lowest BCUT2D eigenvalue weighted by Crippen LogP contribution is -2.30. The maximum Gasteiger partial charge on any atom is 0.260 e. The molecule has 0 aliphatic carbocycles. The molecule has 1 amide bonds. The van der Waals surface area contributed by atoms with Gasteiger partial charge in [-0.15, -0.1) is 0 Å². The molecule has 0 saturated heterocycles. The van der Waals surface area contributed by atoms with Crippen LogP contribution < -0.4 is 15.4 Å². The van der Waals surface area contributed by atoms with Crippen LogP contribution in [0, 0.1) is 5.82 Å². The Hall–Kier alpha value is -4.87. The number of halogens is 1. The van der Waals surface area contributed by atoms with Crippen LogP contribution >= 0.6 is 0 Å². The van der Waals surface area contributed by atoms with Crippen molar-refractivity contribution in [3.63, 3.8) is 0 Å². The topological polar surface area (TPSA) is 133 Å². The van der Waals surface area contributed by atoms with E-state index in [9.17, 15) is 14.3 Å². The van der Waals surface area contributed by atoms with Gasteiger partial charge in [-0.2, -0.15) is 0 Å². The first kappa shape index (κ1) is 28.7. The third kappa shape index (κ3) is 6.22. The molecule has 2 heterocycles. The normalized spacial score (nSPS) is 11.3. The quantitative estimate of drug-likeness (QED) is 0.214. The zero-order chi connectivity index (χ0) is 29.6. The smallest absolute Gasteiger partial charge is 0.260 e. The number of aromatic amines is 1. The van der Waals surface area contributed by atoms with E-state index in [1.807, 2.05) is 31.2 Å². The van der Waals surface area contributed by atoms with Crippen molar-refractivity contribution in [2.45, 2.75) is 6.92 Å². The van der Waals surface area contributed by atoms with Crippen molar-refractivity contribution < 1.29 is 19.0 Å². The minimum atomic E-state index is -0.577. The molecule has 0 aliphatic heterocycles. The molecule has 216 valence electrons. The summed E-state index contributed by atoms with van der Waals surface area (Å²) in [5, 5.41) is 9.18. The number of hydrogen-bond acceptors (Lipinski definition) is 8. The summed E-state index contributed by atoms with van der Waals surface area (Å²) >= 11 is 0. The Morgan fingerprint density at radius 1 is 1.07 bits per heavy atom. The number of aliphatic hydroxyl groups is 1. The SMILES string of the molecule is CCN(CCO)CCOc1cccc(-c2cnc(N)c(-c3nc4ccc(N(C)C(=O)c5ccccc5F)cc4[nH]3)n2)c1. The highest BCUT2D eigenvalue weighted by Gasteiger charge is 2.19. The number of nitrogens with two attached hydrogens (primary N) is 1. The lowest BCUT2D eigenvalue weighted by Gasteiger charge is -2.19. The molecule has 0 unspecified atom stereocenters. The van der Waals surface area contributed by atoms with Crippen molar-refractivity contribution >= 4 is 28.4 Å². The zero-order valence-electron chi connectivity index (χ0n) is 23.4. The summed E-state index contributed by atoms with van der Waals surface area (Å²) in [5.74, 6) is 0.285. The standard InChI is InChI=1S/C31H32FN7O3/c1-3-39(13-15-40)14-16-42-22-8-6-7-20(17-22)27-19-34-29(33)28(35-27)30-36-25-12-11-21(18-26(25)37-30)38(2)31(41)23-9-4-5-10-24(23)32/h4-12,17-19,40H,3,13-16H2,1-2H3,(H2,33,34)(H,36,37). The maximum atomic E-state index is 14.2. The van der Waals surface area contributed by atoms with Crippen LogP contribution in [0.4, 0.5) is 15.9 Å². The van der Waals surface area contributed by atoms with Gasteiger partial charge >= 0.3 is 0 Å². The van der Waals surface area contributed by atoms with E-state index in [0.717, 1.165) is 12.1 Å². The van der Waals surface area contributed by atoms with Gasteiger partial charge in [-0.05, 0) is 49.0 Å². The number of anilines is 2. The van der Waals surface area contributed by atoms with Crippen molar-refractivity contribution in [1.82, 2.24) is 24.8 Å². The van der Waals surface area contributed by atoms with E-state index in [1.54, 1.807) is 43.6 Å². The Balaban J connectivity index is 1.37. The number of hydrogen-bond donors (Lipinski definition) is 3. The molecule has 11 heteroatoms. The molecule has 0 radical (unpaired) electrons. The van der Waals surface area contributed by atoms with E-state index in [4.69, 9.17) is 15.5 Å². The molecule has 0 spiro atoms. The largest absolute Gasteiger partial charge is 0.492 e. The number of nitrogens with one attached hydrogen (secondary N) is 1. The van der Waals surface area contributed by atoms with E-state index >= 15 is 0 Å². The second kappa shape index (κ2) is 12.8. The number of aromatic nitrogens is 4. The lowest BCUT2D eigenvalue weighted by molar-refractivity contribution is 0.0989. The van der Waals surface area contributed by atoms with Gasteiger partial charge in [-0.25, -0.2) is 19.3 Å². The Morgan fingerprint density at radius 2 is 1.90 bits per heavy atom. The van der Waals surface area contributed by atoms with Crippen LogP contribution in [0.1, 0.15) is 17.3 Å². The number of amides is 1. The molecule has 3 aromatic carbocycles. The molecule has 0 aliphatic rings. The molecule has 42 heavy (non-hydrogen) atoms. The zero-order valence-corrected chi connectivity index (χ0v) is 23.4. The summed E-state index contributed by atoms with van der Waals surface area (Å²) in [7, 11) is 1.59. The second-order valence-corrected chi connectivity index (χ2v) is 9.65. The van der Waals surface area contributed by atoms with Gasteiger partial charge in [0, 0.05) is 31.4 Å². The van der Waals surface area contributed by atoms with Gasteiger partial charge in [0.15, 0.2) is 11.6 Å². The fourth-order valence-electron chi connectivity index (χ4n) is 4.57. The summed E-state index contributed by atoms with van der Waals surface area (Å²) in [5.41, 5.74) is 9.84. The number of fused-ring (bicyclic) bond motifs is 1. The van der Waals surface area contributed by atoms with Gasteiger partial charge in [0.25, 0.3) is 5.91 Å². The second-order valence-electron chi connectivity index (χ2n) is 9.65. The molecule has 4 N–H and O–H groups in total. The average molecular weight is 570 g/mol. The fourth-order valence-corrected chi connectivity index (χ4v) is 4.57. The minimum Gasteiger partial charge on any atom is -0.492 e. The van der Waals surface area contributed by atoms with Crippen molar-refractivity contribution in [3.05, 3.63) is 84.3 Å². The van der Waals surface area contributed by atoms with Crippen LogP contribution in [0.5, 0.6) is 5.75 Å². The van der Waals surface area contributed by atoms with Crippen LogP contribution in [-0.4, -0.2) is 75.7 Å². The highest BCUT2D eigenvalue weighted by atomic mass is 19.1. The molecule has 0 fully saturated rings. The summed E-state index contributed by atoms with van der Waals surface area (Å²) in [6.07, 6.45) is 1.60. The number of nitrogen functional groups attached to an aromatic ring is 1. The summed E-state index contributed by atoms with van der Waals surface area (Å²) < 4.78 is 20.1. The number of carbonyl (C=O) groups excluding carboxylic acids is 1. The molecular weight excluding hydrogens is 537 g/mol. The van der Waals surface area contributed by atoms with Crippen molar-refractivity contribution in [2.75, 3.05) is 50.5 Å². The van der Waals surface area contributed by atoms with Crippen molar-refractivity contribution in [2.24, 2.45) is 0 Å². The number of nitrogens with zero attached hydrogens (tertiary/aromatic N) is 5. The van der Waals surface area contributed by atoms with Gasteiger partial charge < -0.3 is 25.5 Å². The summed E-state index contributed by atoms with van der Waals surface area (Å²) in [6.45, 7) is 4.78. The minimum absolute atomic E-state index is 0.00985. The van der Waals surface area contributed by atoms with E-state index in [0.29, 0.717) is 59.4 Å². The van der Waals surface area contributed by atoms with E-state index in [1.165, 1.54) is 17.0 Å². The first-order chi connectivity index (χ1) is 20.4. The number of ether oxygens (including phenoxy) is 1. The summed E-state index contributed by atoms with van der Waals surface area (Å²) in [6, 6.07) is 18.7. The van der Waals surface area contributed by atoms with Gasteiger partial charge in [-0.1, -0.05) is 31.2 Å². The highest BCUT2D eigenvalue weighted by Crippen LogP contribution is 2.29. The molecule has 5 rings (SSSR count). The number of benzene rings is 3. The number of aliphatic hydroxyl groups excluding tert-OH is 1. The van der Waals surface area contributed by atoms with Gasteiger partial charge in [-0.3, -0.25) is 9.69 Å². The molecule has 0 bridgehead atoms. The number of H-pyrrole nitrogens is 1. The number of carbonyl (C=O) groups is 1. The van der Waals surface area contributed by atoms with Crippen LogP contribution in [0.25, 0.3) is 33.8 Å². The first-order valence-corrected chi connectivity index (χ1v) is 13.6. The Morgan fingerprint density at radius 3 is 2.69 bits per heavy atom. The molecule has 2 aromatic heterocycles. The lowest BCUT2D eigenvalue weighted by atomic mass is 10.1. The fraction of sp³-hybridized carbons (Fsp3) is 0.226. The molecule has 0 atom stereocenters.